The first-order chi connectivity index (χ1) is 15.6. The van der Waals surface area contributed by atoms with E-state index in [4.69, 9.17) is 4.42 Å². The number of carbonyl (C=O) groups is 2. The lowest BCUT2D eigenvalue weighted by Crippen LogP contribution is -2.30. The van der Waals surface area contributed by atoms with E-state index in [1.807, 2.05) is 35.7 Å². The number of benzene rings is 2. The van der Waals surface area contributed by atoms with Crippen molar-refractivity contribution in [3.05, 3.63) is 82.9 Å². The van der Waals surface area contributed by atoms with Gasteiger partial charge in [0.2, 0.25) is 0 Å². The molecule has 0 radical (unpaired) electrons. The Hall–Kier alpha value is -3.23. The normalized spacial score (nSPS) is 10.9. The van der Waals surface area contributed by atoms with Crippen molar-refractivity contribution in [1.29, 1.82) is 0 Å². The molecule has 6 nitrogen and oxygen atoms in total. The molecule has 3 N–H and O–H groups in total. The van der Waals surface area contributed by atoms with Gasteiger partial charge in [0.15, 0.2) is 5.76 Å². The van der Waals surface area contributed by atoms with Crippen molar-refractivity contribution >= 4 is 45.9 Å². The molecule has 4 rings (SSSR count). The van der Waals surface area contributed by atoms with E-state index in [1.165, 1.54) is 16.3 Å². The summed E-state index contributed by atoms with van der Waals surface area (Å²) in [6.07, 6.45) is 0.565. The maximum atomic E-state index is 12.8. The van der Waals surface area contributed by atoms with E-state index in [9.17, 15) is 14.7 Å². The number of nitrogens with one attached hydrogen (secondary N) is 2. The van der Waals surface area contributed by atoms with Gasteiger partial charge in [-0.25, -0.2) is 0 Å². The number of phenolic OH excluding ortho intramolecular Hbond substituents is 1. The molecule has 8 heteroatoms. The number of furan rings is 1. The molecular weight excluding hydrogens is 444 g/mol. The summed E-state index contributed by atoms with van der Waals surface area (Å²) in [6, 6.07) is 17.9. The highest BCUT2D eigenvalue weighted by molar-refractivity contribution is 8.00. The molecule has 164 valence electrons. The third-order valence-electron chi connectivity index (χ3n) is 4.79. The minimum absolute atomic E-state index is 0.0452. The van der Waals surface area contributed by atoms with Gasteiger partial charge in [-0.2, -0.15) is 0 Å². The lowest BCUT2D eigenvalue weighted by molar-refractivity contribution is 0.0926. The fourth-order valence-corrected chi connectivity index (χ4v) is 5.05. The predicted octanol–water partition coefficient (Wildman–Crippen LogP) is 5.04. The summed E-state index contributed by atoms with van der Waals surface area (Å²) in [5.41, 5.74) is 1.97. The molecule has 2 aromatic carbocycles. The van der Waals surface area contributed by atoms with Crippen LogP contribution >= 0.6 is 23.1 Å². The number of phenols is 1. The van der Waals surface area contributed by atoms with Gasteiger partial charge in [0.05, 0.1) is 4.21 Å². The Balaban J connectivity index is 1.33. The van der Waals surface area contributed by atoms with Gasteiger partial charge in [-0.3, -0.25) is 9.59 Å². The molecule has 0 aliphatic rings. The number of carbonyl (C=O) groups excluding carboxylic acids is 2. The van der Waals surface area contributed by atoms with Crippen LogP contribution in [0.2, 0.25) is 0 Å². The monoisotopic (exact) mass is 466 g/mol. The zero-order valence-corrected chi connectivity index (χ0v) is 18.8. The van der Waals surface area contributed by atoms with Gasteiger partial charge in [0.25, 0.3) is 11.8 Å². The van der Waals surface area contributed by atoms with E-state index >= 15 is 0 Å². The highest BCUT2D eigenvalue weighted by Crippen LogP contribution is 2.33. The average Bonchev–Trinajstić information content (AvgIpc) is 3.45. The minimum Gasteiger partial charge on any atom is -0.508 e. The van der Waals surface area contributed by atoms with E-state index in [0.717, 1.165) is 10.9 Å². The van der Waals surface area contributed by atoms with Crippen LogP contribution in [0, 0.1) is 0 Å². The Labute approximate surface area is 193 Å². The van der Waals surface area contributed by atoms with Gasteiger partial charge >= 0.3 is 0 Å². The Kier molecular flexibility index (Phi) is 7.14. The molecular formula is C24H22N2O4S2. The standard InChI is InChI=1S/C24H22N2O4S2/c27-17-7-3-6-16(14-17)23(28)25-11-5-12-26-24(29)22-19(15-32-21-10-4-13-31-21)18-8-1-2-9-20(18)30-22/h1-4,6-10,13-14,27H,5,11-12,15H2,(H,25,28)(H,26,29). The number of fused-ring (bicyclic) bond motifs is 1. The molecule has 0 unspecified atom stereocenters. The Morgan fingerprint density at radius 3 is 2.56 bits per heavy atom. The third kappa shape index (κ3) is 5.33. The molecule has 0 bridgehead atoms. The Morgan fingerprint density at radius 2 is 1.78 bits per heavy atom. The van der Waals surface area contributed by atoms with Crippen LogP contribution in [0.3, 0.4) is 0 Å². The second kappa shape index (κ2) is 10.4. The smallest absolute Gasteiger partial charge is 0.287 e. The number of hydrogen-bond donors (Lipinski definition) is 3. The number of thiophene rings is 1. The van der Waals surface area contributed by atoms with Crippen LogP contribution in [-0.4, -0.2) is 30.0 Å². The van der Waals surface area contributed by atoms with Crippen LogP contribution in [-0.2, 0) is 5.75 Å². The maximum Gasteiger partial charge on any atom is 0.287 e. The van der Waals surface area contributed by atoms with Crippen LogP contribution in [0.5, 0.6) is 5.75 Å². The summed E-state index contributed by atoms with van der Waals surface area (Å²) in [7, 11) is 0. The molecule has 2 heterocycles. The zero-order chi connectivity index (χ0) is 22.3. The summed E-state index contributed by atoms with van der Waals surface area (Å²) < 4.78 is 7.06. The third-order valence-corrected chi connectivity index (χ3v) is 6.95. The van der Waals surface area contributed by atoms with E-state index in [-0.39, 0.29) is 17.6 Å². The largest absolute Gasteiger partial charge is 0.508 e. The molecule has 0 aliphatic heterocycles. The van der Waals surface area contributed by atoms with Gasteiger partial charge in [0, 0.05) is 35.4 Å². The highest BCUT2D eigenvalue weighted by Gasteiger charge is 2.20. The molecule has 0 aliphatic carbocycles. The number of para-hydroxylation sites is 1. The first-order valence-electron chi connectivity index (χ1n) is 10.1. The molecule has 0 saturated carbocycles. The van der Waals surface area contributed by atoms with E-state index in [0.29, 0.717) is 42.2 Å². The second-order valence-electron chi connectivity index (χ2n) is 7.04. The van der Waals surface area contributed by atoms with Crippen molar-refractivity contribution in [3.8, 4) is 5.75 Å². The minimum atomic E-state index is -0.266. The van der Waals surface area contributed by atoms with Gasteiger partial charge < -0.3 is 20.2 Å². The van der Waals surface area contributed by atoms with Crippen molar-refractivity contribution in [2.75, 3.05) is 13.1 Å². The van der Waals surface area contributed by atoms with E-state index < -0.39 is 0 Å². The zero-order valence-electron chi connectivity index (χ0n) is 17.2. The van der Waals surface area contributed by atoms with Gasteiger partial charge in [-0.1, -0.05) is 30.3 Å². The predicted molar refractivity (Wildman–Crippen MR) is 127 cm³/mol. The molecule has 2 amide bonds. The topological polar surface area (TPSA) is 91.6 Å². The quantitative estimate of drug-likeness (QED) is 0.237. The van der Waals surface area contributed by atoms with Gasteiger partial charge in [-0.05, 0) is 42.1 Å². The maximum absolute atomic E-state index is 12.8. The van der Waals surface area contributed by atoms with Gasteiger partial charge in [-0.15, -0.1) is 23.1 Å². The molecule has 0 spiro atoms. The van der Waals surface area contributed by atoms with E-state index in [2.05, 4.69) is 16.7 Å². The summed E-state index contributed by atoms with van der Waals surface area (Å²) >= 11 is 3.35. The number of amides is 2. The number of rotatable bonds is 9. The molecule has 2 aromatic heterocycles. The molecule has 4 aromatic rings. The summed E-state index contributed by atoms with van der Waals surface area (Å²) in [4.78, 5) is 24.9. The van der Waals surface area contributed by atoms with Crippen molar-refractivity contribution in [1.82, 2.24) is 10.6 Å². The van der Waals surface area contributed by atoms with Crippen LogP contribution in [0.15, 0.2) is 74.7 Å². The fourth-order valence-electron chi connectivity index (χ4n) is 3.24. The molecule has 0 fully saturated rings. The second-order valence-corrected chi connectivity index (χ2v) is 9.27. The van der Waals surface area contributed by atoms with Crippen LogP contribution in [0.25, 0.3) is 11.0 Å². The van der Waals surface area contributed by atoms with Crippen LogP contribution in [0.4, 0.5) is 0 Å². The van der Waals surface area contributed by atoms with Crippen molar-refractivity contribution < 1.29 is 19.1 Å². The lowest BCUT2D eigenvalue weighted by atomic mass is 10.1. The van der Waals surface area contributed by atoms with Crippen molar-refractivity contribution in [2.24, 2.45) is 0 Å². The number of hydrogen-bond acceptors (Lipinski definition) is 6. The molecule has 0 saturated heterocycles. The highest BCUT2D eigenvalue weighted by atomic mass is 32.2. The Morgan fingerprint density at radius 1 is 0.969 bits per heavy atom. The van der Waals surface area contributed by atoms with Gasteiger partial charge in [0.1, 0.15) is 11.3 Å². The summed E-state index contributed by atoms with van der Waals surface area (Å²) in [6.45, 7) is 0.795. The van der Waals surface area contributed by atoms with Crippen molar-refractivity contribution in [2.45, 2.75) is 16.4 Å². The first-order valence-corrected chi connectivity index (χ1v) is 12.0. The first kappa shape index (κ1) is 22.0. The lowest BCUT2D eigenvalue weighted by Gasteiger charge is -2.07. The summed E-state index contributed by atoms with van der Waals surface area (Å²) in [5.74, 6) is 0.489. The summed E-state index contributed by atoms with van der Waals surface area (Å²) in [5, 5.41) is 18.1. The average molecular weight is 467 g/mol. The number of thioether (sulfide) groups is 1. The van der Waals surface area contributed by atoms with Crippen molar-refractivity contribution in [3.63, 3.8) is 0 Å². The fraction of sp³-hybridized carbons (Fsp3) is 0.167. The molecule has 32 heavy (non-hydrogen) atoms. The van der Waals surface area contributed by atoms with Crippen LogP contribution < -0.4 is 10.6 Å². The molecule has 0 atom stereocenters. The SMILES string of the molecule is O=C(NCCCNC(=O)c1oc2ccccc2c1CSc1cccs1)c1cccc(O)c1. The number of aromatic hydroxyl groups is 1. The van der Waals surface area contributed by atoms with E-state index in [1.54, 1.807) is 35.2 Å². The van der Waals surface area contributed by atoms with Crippen LogP contribution in [0.1, 0.15) is 32.9 Å². The Bertz CT molecular complexity index is 1220.